The lowest BCUT2D eigenvalue weighted by molar-refractivity contribution is -0.121. The largest absolute Gasteiger partial charge is 0.497 e. The van der Waals surface area contributed by atoms with Gasteiger partial charge in [0.25, 0.3) is 0 Å². The fourth-order valence-corrected chi connectivity index (χ4v) is 3.67. The minimum atomic E-state index is 0.00746. The van der Waals surface area contributed by atoms with Gasteiger partial charge in [0.2, 0.25) is 5.91 Å². The van der Waals surface area contributed by atoms with Crippen molar-refractivity contribution in [2.24, 2.45) is 0 Å². The average molecular weight is 400 g/mol. The Morgan fingerprint density at radius 1 is 1.14 bits per heavy atom. The molecule has 1 heterocycles. The third-order valence-electron chi connectivity index (χ3n) is 4.21. The van der Waals surface area contributed by atoms with Gasteiger partial charge in [0, 0.05) is 19.5 Å². The molecule has 0 saturated heterocycles. The summed E-state index contributed by atoms with van der Waals surface area (Å²) >= 11 is 1.68. The molecule has 0 spiro atoms. The van der Waals surface area contributed by atoms with Crippen LogP contribution in [0.4, 0.5) is 0 Å². The Kier molecular flexibility index (Phi) is 7.22. The fraction of sp³-hybridized carbons (Fsp3) is 0.333. The van der Waals surface area contributed by atoms with Crippen molar-refractivity contribution in [1.29, 1.82) is 0 Å². The molecule has 148 valence electrons. The van der Waals surface area contributed by atoms with E-state index in [9.17, 15) is 4.79 Å². The molecule has 2 aromatic carbocycles. The van der Waals surface area contributed by atoms with Crippen LogP contribution in [0.2, 0.25) is 0 Å². The number of carbonyl (C=O) groups is 1. The first kappa shape index (κ1) is 20.1. The molecule has 0 aliphatic rings. The Labute approximate surface area is 169 Å². The van der Waals surface area contributed by atoms with Crippen LogP contribution < -0.4 is 14.8 Å². The molecule has 0 radical (unpaired) electrons. The molecule has 3 aromatic rings. The minimum absolute atomic E-state index is 0.00746. The number of amides is 1. The van der Waals surface area contributed by atoms with Crippen molar-refractivity contribution >= 4 is 27.5 Å². The molecular weight excluding hydrogens is 374 g/mol. The summed E-state index contributed by atoms with van der Waals surface area (Å²) in [6.45, 7) is 2.11. The zero-order chi connectivity index (χ0) is 19.8. The number of benzene rings is 2. The molecule has 7 heteroatoms. The molecular formula is C21H25N3O3S. The number of likely N-dealkylation sites (N-methyl/N-ethyl adjacent to an activating group) is 1. The first-order valence-electron chi connectivity index (χ1n) is 9.20. The Morgan fingerprint density at radius 2 is 1.89 bits per heavy atom. The van der Waals surface area contributed by atoms with Crippen molar-refractivity contribution in [2.45, 2.75) is 6.42 Å². The third kappa shape index (κ3) is 5.94. The molecule has 0 aliphatic heterocycles. The summed E-state index contributed by atoms with van der Waals surface area (Å²) in [5, 5.41) is 4.00. The highest BCUT2D eigenvalue weighted by atomic mass is 32.1. The summed E-state index contributed by atoms with van der Waals surface area (Å²) < 4.78 is 12.0. The minimum Gasteiger partial charge on any atom is -0.497 e. The fourth-order valence-electron chi connectivity index (χ4n) is 2.71. The highest BCUT2D eigenvalue weighted by Gasteiger charge is 2.08. The van der Waals surface area contributed by atoms with Gasteiger partial charge in [-0.1, -0.05) is 12.1 Å². The Morgan fingerprint density at radius 3 is 2.64 bits per heavy atom. The molecule has 1 amide bonds. The van der Waals surface area contributed by atoms with Gasteiger partial charge in [-0.25, -0.2) is 4.98 Å². The smallest absolute Gasteiger partial charge is 0.234 e. The molecule has 28 heavy (non-hydrogen) atoms. The number of fused-ring (bicyclic) bond motifs is 1. The van der Waals surface area contributed by atoms with Gasteiger partial charge in [0.1, 0.15) is 18.1 Å². The van der Waals surface area contributed by atoms with E-state index >= 15 is 0 Å². The summed E-state index contributed by atoms with van der Waals surface area (Å²) in [5.74, 6) is 1.59. The van der Waals surface area contributed by atoms with Crippen LogP contribution in [0, 0.1) is 0 Å². The molecule has 0 atom stereocenters. The van der Waals surface area contributed by atoms with E-state index in [4.69, 9.17) is 9.47 Å². The van der Waals surface area contributed by atoms with Crippen LogP contribution in [0.25, 0.3) is 10.2 Å². The van der Waals surface area contributed by atoms with E-state index in [1.54, 1.807) is 18.4 Å². The monoisotopic (exact) mass is 399 g/mol. The Hall–Kier alpha value is -2.64. The highest BCUT2D eigenvalue weighted by Crippen LogP contribution is 2.21. The van der Waals surface area contributed by atoms with Gasteiger partial charge in [-0.15, -0.1) is 11.3 Å². The van der Waals surface area contributed by atoms with Crippen LogP contribution in [0.3, 0.4) is 0 Å². The SMILES string of the molecule is COc1ccc(OCCN(C)CC(=O)NCCc2nc3ccccc3s2)cc1. The van der Waals surface area contributed by atoms with Crippen molar-refractivity contribution in [3.8, 4) is 11.5 Å². The predicted molar refractivity (Wildman–Crippen MR) is 112 cm³/mol. The number of methoxy groups -OCH3 is 1. The van der Waals surface area contributed by atoms with Crippen LogP contribution in [0.1, 0.15) is 5.01 Å². The summed E-state index contributed by atoms with van der Waals surface area (Å²) in [4.78, 5) is 18.6. The zero-order valence-electron chi connectivity index (χ0n) is 16.2. The number of rotatable bonds is 10. The van der Waals surface area contributed by atoms with Gasteiger partial charge in [0.05, 0.1) is 28.9 Å². The van der Waals surface area contributed by atoms with Gasteiger partial charge >= 0.3 is 0 Å². The summed E-state index contributed by atoms with van der Waals surface area (Å²) in [6.07, 6.45) is 0.745. The number of nitrogens with zero attached hydrogens (tertiary/aromatic N) is 2. The van der Waals surface area contributed by atoms with E-state index in [0.717, 1.165) is 28.4 Å². The Bertz CT molecular complexity index is 862. The van der Waals surface area contributed by atoms with Crippen LogP contribution in [0.15, 0.2) is 48.5 Å². The predicted octanol–water partition coefficient (Wildman–Crippen LogP) is 2.97. The number of nitrogens with one attached hydrogen (secondary N) is 1. The zero-order valence-corrected chi connectivity index (χ0v) is 17.0. The molecule has 6 nitrogen and oxygen atoms in total. The van der Waals surface area contributed by atoms with E-state index < -0.39 is 0 Å². The number of thiazole rings is 1. The van der Waals surface area contributed by atoms with Crippen LogP contribution in [0.5, 0.6) is 11.5 Å². The van der Waals surface area contributed by atoms with E-state index in [0.29, 0.717) is 26.2 Å². The molecule has 0 bridgehead atoms. The lowest BCUT2D eigenvalue weighted by Gasteiger charge is -2.16. The van der Waals surface area contributed by atoms with Gasteiger partial charge < -0.3 is 14.8 Å². The molecule has 1 aromatic heterocycles. The van der Waals surface area contributed by atoms with Crippen molar-refractivity contribution in [2.75, 3.05) is 40.4 Å². The molecule has 1 N–H and O–H groups in total. The van der Waals surface area contributed by atoms with Gasteiger partial charge in [-0.05, 0) is 43.4 Å². The maximum Gasteiger partial charge on any atom is 0.234 e. The quantitative estimate of drug-likeness (QED) is 0.568. The molecule has 0 aliphatic carbocycles. The molecule has 0 unspecified atom stereocenters. The number of aromatic nitrogens is 1. The maximum absolute atomic E-state index is 12.1. The standard InChI is InChI=1S/C21H25N3O3S/c1-24(13-14-27-17-9-7-16(26-2)8-10-17)15-20(25)22-12-11-21-23-18-5-3-4-6-19(18)28-21/h3-10H,11-15H2,1-2H3,(H,22,25). The summed E-state index contributed by atoms with van der Waals surface area (Å²) in [5.41, 5.74) is 1.02. The highest BCUT2D eigenvalue weighted by molar-refractivity contribution is 7.18. The number of carbonyl (C=O) groups excluding carboxylic acids is 1. The number of hydrogen-bond acceptors (Lipinski definition) is 6. The van der Waals surface area contributed by atoms with E-state index in [1.807, 2.05) is 54.4 Å². The van der Waals surface area contributed by atoms with Crippen molar-refractivity contribution in [1.82, 2.24) is 15.2 Å². The number of ether oxygens (including phenoxy) is 2. The van der Waals surface area contributed by atoms with Crippen molar-refractivity contribution in [3.63, 3.8) is 0 Å². The lowest BCUT2D eigenvalue weighted by Crippen LogP contribution is -2.37. The second-order valence-corrected chi connectivity index (χ2v) is 7.55. The first-order chi connectivity index (χ1) is 13.6. The maximum atomic E-state index is 12.1. The molecule has 3 rings (SSSR count). The van der Waals surface area contributed by atoms with E-state index in [1.165, 1.54) is 4.70 Å². The topological polar surface area (TPSA) is 63.7 Å². The third-order valence-corrected chi connectivity index (χ3v) is 5.31. The van der Waals surface area contributed by atoms with Crippen LogP contribution in [-0.2, 0) is 11.2 Å². The molecule has 0 saturated carbocycles. The first-order valence-corrected chi connectivity index (χ1v) is 10.0. The lowest BCUT2D eigenvalue weighted by atomic mass is 10.3. The van der Waals surface area contributed by atoms with Gasteiger partial charge in [-0.3, -0.25) is 9.69 Å². The van der Waals surface area contributed by atoms with Gasteiger partial charge in [-0.2, -0.15) is 0 Å². The normalized spacial score (nSPS) is 11.0. The summed E-state index contributed by atoms with van der Waals surface area (Å²) in [7, 11) is 3.54. The van der Waals surface area contributed by atoms with E-state index in [2.05, 4.69) is 16.4 Å². The molecule has 0 fully saturated rings. The van der Waals surface area contributed by atoms with Crippen molar-refractivity contribution < 1.29 is 14.3 Å². The van der Waals surface area contributed by atoms with Crippen molar-refractivity contribution in [3.05, 3.63) is 53.5 Å². The average Bonchev–Trinajstić information content (AvgIpc) is 3.11. The van der Waals surface area contributed by atoms with Gasteiger partial charge in [0.15, 0.2) is 0 Å². The second-order valence-electron chi connectivity index (χ2n) is 6.44. The summed E-state index contributed by atoms with van der Waals surface area (Å²) in [6, 6.07) is 15.5. The number of para-hydroxylation sites is 1. The van der Waals surface area contributed by atoms with E-state index in [-0.39, 0.29) is 5.91 Å². The second kappa shape index (κ2) is 10.1. The van der Waals surface area contributed by atoms with Crippen LogP contribution >= 0.6 is 11.3 Å². The number of hydrogen-bond donors (Lipinski definition) is 1. The Balaban J connectivity index is 1.32. The van der Waals surface area contributed by atoms with Crippen LogP contribution in [-0.4, -0.2) is 56.2 Å².